The molecule has 0 aromatic heterocycles. The number of nitrogens with zero attached hydrogens (tertiary/aromatic N) is 1. The molecule has 0 heterocycles. The van der Waals surface area contributed by atoms with Crippen LogP contribution in [0.25, 0.3) is 0 Å². The summed E-state index contributed by atoms with van der Waals surface area (Å²) in [7, 11) is 4.13. The molecule has 0 fully saturated rings. The summed E-state index contributed by atoms with van der Waals surface area (Å²) in [5.41, 5.74) is 3.54. The molecule has 0 bridgehead atoms. The number of halogens is 2. The van der Waals surface area contributed by atoms with Crippen molar-refractivity contribution in [1.82, 2.24) is 10.2 Å². The fraction of sp³-hybridized carbons (Fsp3) is 0.294. The molecule has 2 rings (SSSR count). The van der Waals surface area contributed by atoms with Gasteiger partial charge in [0.1, 0.15) is 5.82 Å². The van der Waals surface area contributed by atoms with Crippen molar-refractivity contribution in [3.05, 3.63) is 69.4 Å². The van der Waals surface area contributed by atoms with Gasteiger partial charge in [-0.1, -0.05) is 30.3 Å². The zero-order valence-corrected chi connectivity index (χ0v) is 14.0. The summed E-state index contributed by atoms with van der Waals surface area (Å²) in [4.78, 5) is 2.16. The predicted octanol–water partition coefficient (Wildman–Crippen LogP) is 3.94. The van der Waals surface area contributed by atoms with E-state index in [1.165, 1.54) is 11.1 Å². The molecule has 112 valence electrons. The van der Waals surface area contributed by atoms with Gasteiger partial charge in [-0.25, -0.2) is 4.39 Å². The maximum atomic E-state index is 13.5. The van der Waals surface area contributed by atoms with Crippen molar-refractivity contribution in [2.45, 2.75) is 19.6 Å². The smallest absolute Gasteiger partial charge is 0.137 e. The van der Waals surface area contributed by atoms with Crippen LogP contribution in [0, 0.1) is 5.82 Å². The van der Waals surface area contributed by atoms with Gasteiger partial charge >= 0.3 is 0 Å². The van der Waals surface area contributed by atoms with E-state index in [9.17, 15) is 4.39 Å². The highest BCUT2D eigenvalue weighted by atomic mass is 79.9. The highest BCUT2D eigenvalue weighted by molar-refractivity contribution is 9.10. The van der Waals surface area contributed by atoms with Gasteiger partial charge in [0.05, 0.1) is 4.47 Å². The molecule has 0 aliphatic heterocycles. The van der Waals surface area contributed by atoms with Crippen LogP contribution >= 0.6 is 15.9 Å². The van der Waals surface area contributed by atoms with E-state index in [1.807, 2.05) is 6.07 Å². The van der Waals surface area contributed by atoms with Gasteiger partial charge in [-0.15, -0.1) is 0 Å². The molecule has 0 amide bonds. The van der Waals surface area contributed by atoms with Crippen molar-refractivity contribution in [3.8, 4) is 0 Å². The Labute approximate surface area is 134 Å². The van der Waals surface area contributed by atoms with E-state index in [1.54, 1.807) is 12.1 Å². The summed E-state index contributed by atoms with van der Waals surface area (Å²) in [6, 6.07) is 13.6. The fourth-order valence-electron chi connectivity index (χ4n) is 2.22. The highest BCUT2D eigenvalue weighted by Crippen LogP contribution is 2.16. The van der Waals surface area contributed by atoms with Crippen molar-refractivity contribution >= 4 is 15.9 Å². The van der Waals surface area contributed by atoms with Crippen LogP contribution in [-0.2, 0) is 19.6 Å². The first-order valence-corrected chi connectivity index (χ1v) is 7.71. The SMILES string of the molecule is CN(C)Cc1ccccc1CNCc1ccc(Br)c(F)c1. The zero-order valence-electron chi connectivity index (χ0n) is 12.4. The van der Waals surface area contributed by atoms with Gasteiger partial charge in [-0.2, -0.15) is 0 Å². The fourth-order valence-corrected chi connectivity index (χ4v) is 2.46. The molecule has 2 nitrogen and oxygen atoms in total. The van der Waals surface area contributed by atoms with Gasteiger partial charge < -0.3 is 10.2 Å². The van der Waals surface area contributed by atoms with Crippen LogP contribution in [0.5, 0.6) is 0 Å². The molecule has 0 atom stereocenters. The van der Waals surface area contributed by atoms with Gasteiger partial charge in [-0.05, 0) is 58.8 Å². The van der Waals surface area contributed by atoms with E-state index in [0.717, 1.165) is 18.7 Å². The third-order valence-electron chi connectivity index (χ3n) is 3.23. The van der Waals surface area contributed by atoms with Crippen molar-refractivity contribution in [2.24, 2.45) is 0 Å². The molecule has 1 N–H and O–H groups in total. The first-order valence-electron chi connectivity index (χ1n) is 6.92. The Morgan fingerprint density at radius 1 is 1.05 bits per heavy atom. The van der Waals surface area contributed by atoms with E-state index >= 15 is 0 Å². The molecule has 0 aliphatic rings. The first kappa shape index (κ1) is 16.1. The van der Waals surface area contributed by atoms with Crippen LogP contribution in [-0.4, -0.2) is 19.0 Å². The third-order valence-corrected chi connectivity index (χ3v) is 3.88. The Balaban J connectivity index is 1.95. The maximum Gasteiger partial charge on any atom is 0.137 e. The van der Waals surface area contributed by atoms with Gasteiger partial charge in [-0.3, -0.25) is 0 Å². The Morgan fingerprint density at radius 2 is 1.76 bits per heavy atom. The number of benzene rings is 2. The molecule has 0 radical (unpaired) electrons. The number of rotatable bonds is 6. The highest BCUT2D eigenvalue weighted by Gasteiger charge is 2.04. The lowest BCUT2D eigenvalue weighted by atomic mass is 10.1. The summed E-state index contributed by atoms with van der Waals surface area (Å²) < 4.78 is 14.0. The van der Waals surface area contributed by atoms with Crippen molar-refractivity contribution in [3.63, 3.8) is 0 Å². The van der Waals surface area contributed by atoms with Crippen LogP contribution in [0.2, 0.25) is 0 Å². The molecule has 2 aromatic rings. The number of hydrogen-bond donors (Lipinski definition) is 1. The summed E-state index contributed by atoms with van der Waals surface area (Å²) in [6.45, 7) is 2.35. The van der Waals surface area contributed by atoms with E-state index in [-0.39, 0.29) is 5.82 Å². The lowest BCUT2D eigenvalue weighted by Gasteiger charge is -2.14. The van der Waals surface area contributed by atoms with Crippen LogP contribution in [0.1, 0.15) is 16.7 Å². The quantitative estimate of drug-likeness (QED) is 0.848. The molecule has 0 saturated heterocycles. The van der Waals surface area contributed by atoms with E-state index in [4.69, 9.17) is 0 Å². The Morgan fingerprint density at radius 3 is 2.43 bits per heavy atom. The van der Waals surface area contributed by atoms with E-state index in [2.05, 4.69) is 64.5 Å². The molecule has 0 saturated carbocycles. The number of hydrogen-bond acceptors (Lipinski definition) is 2. The Hall–Kier alpha value is -1.23. The molecule has 21 heavy (non-hydrogen) atoms. The molecule has 0 aliphatic carbocycles. The van der Waals surface area contributed by atoms with Gasteiger partial charge in [0.2, 0.25) is 0 Å². The van der Waals surface area contributed by atoms with Gasteiger partial charge in [0.15, 0.2) is 0 Å². The van der Waals surface area contributed by atoms with Crippen LogP contribution < -0.4 is 5.32 Å². The normalized spacial score (nSPS) is 11.1. The van der Waals surface area contributed by atoms with E-state index < -0.39 is 0 Å². The second-order valence-electron chi connectivity index (χ2n) is 5.36. The third kappa shape index (κ3) is 4.92. The largest absolute Gasteiger partial charge is 0.309 e. The van der Waals surface area contributed by atoms with Crippen LogP contribution in [0.4, 0.5) is 4.39 Å². The van der Waals surface area contributed by atoms with Crippen LogP contribution in [0.15, 0.2) is 46.9 Å². The van der Waals surface area contributed by atoms with E-state index in [0.29, 0.717) is 11.0 Å². The molecular weight excluding hydrogens is 331 g/mol. The minimum absolute atomic E-state index is 0.220. The average molecular weight is 351 g/mol. The second kappa shape index (κ2) is 7.69. The number of nitrogens with one attached hydrogen (secondary N) is 1. The van der Waals surface area contributed by atoms with Crippen molar-refractivity contribution in [1.29, 1.82) is 0 Å². The molecule has 0 unspecified atom stereocenters. The summed E-state index contributed by atoms with van der Waals surface area (Å²) in [5, 5.41) is 3.38. The molecule has 2 aromatic carbocycles. The minimum atomic E-state index is -0.220. The average Bonchev–Trinajstić information content (AvgIpc) is 2.44. The van der Waals surface area contributed by atoms with Gasteiger partial charge in [0.25, 0.3) is 0 Å². The zero-order chi connectivity index (χ0) is 15.2. The minimum Gasteiger partial charge on any atom is -0.309 e. The van der Waals surface area contributed by atoms with Crippen molar-refractivity contribution in [2.75, 3.05) is 14.1 Å². The monoisotopic (exact) mass is 350 g/mol. The topological polar surface area (TPSA) is 15.3 Å². The summed E-state index contributed by atoms with van der Waals surface area (Å²) in [5.74, 6) is -0.220. The van der Waals surface area contributed by atoms with Gasteiger partial charge in [0, 0.05) is 19.6 Å². The van der Waals surface area contributed by atoms with Crippen LogP contribution in [0.3, 0.4) is 0 Å². The Bertz CT molecular complexity index is 599. The molecule has 4 heteroatoms. The second-order valence-corrected chi connectivity index (χ2v) is 6.21. The standard InChI is InChI=1S/C17H20BrFN2/c1-21(2)12-15-6-4-3-5-14(15)11-20-10-13-7-8-16(18)17(19)9-13/h3-9,20H,10-12H2,1-2H3. The summed E-state index contributed by atoms with van der Waals surface area (Å²) in [6.07, 6.45) is 0. The lowest BCUT2D eigenvalue weighted by Crippen LogP contribution is -2.17. The summed E-state index contributed by atoms with van der Waals surface area (Å²) >= 11 is 3.17. The predicted molar refractivity (Wildman–Crippen MR) is 88.5 cm³/mol. The first-order chi connectivity index (χ1) is 10.1. The molecular formula is C17H20BrFN2. The lowest BCUT2D eigenvalue weighted by molar-refractivity contribution is 0.400. The Kier molecular flexibility index (Phi) is 5.91. The molecule has 0 spiro atoms. The van der Waals surface area contributed by atoms with Crippen molar-refractivity contribution < 1.29 is 4.39 Å². The maximum absolute atomic E-state index is 13.5.